The zero-order valence-electron chi connectivity index (χ0n) is 14.9. The first-order valence-corrected chi connectivity index (χ1v) is 10.4. The normalized spacial score (nSPS) is 11.2. The minimum absolute atomic E-state index is 0.00309. The van der Waals surface area contributed by atoms with E-state index in [1.54, 1.807) is 41.3 Å². The van der Waals surface area contributed by atoms with Gasteiger partial charge in [-0.3, -0.25) is 0 Å². The Morgan fingerprint density at radius 3 is 2.31 bits per heavy atom. The highest BCUT2D eigenvalue weighted by molar-refractivity contribution is 7.89. The van der Waals surface area contributed by atoms with Crippen LogP contribution in [0.25, 0.3) is 0 Å². The van der Waals surface area contributed by atoms with E-state index in [4.69, 9.17) is 0 Å². The van der Waals surface area contributed by atoms with Crippen LogP contribution in [-0.4, -0.2) is 32.1 Å². The number of carbonyl (C=O) groups excluding carboxylic acids is 1. The number of amides is 2. The summed E-state index contributed by atoms with van der Waals surface area (Å²) in [5.74, 6) is -0.329. The van der Waals surface area contributed by atoms with Crippen LogP contribution in [0.15, 0.2) is 48.5 Å². The van der Waals surface area contributed by atoms with Crippen molar-refractivity contribution in [2.75, 3.05) is 12.8 Å². The van der Waals surface area contributed by atoms with Gasteiger partial charge in [-0.2, -0.15) is 0 Å². The lowest BCUT2D eigenvalue weighted by atomic mass is 10.1. The zero-order chi connectivity index (χ0) is 19.2. The van der Waals surface area contributed by atoms with E-state index in [0.29, 0.717) is 25.2 Å². The minimum atomic E-state index is -3.07. The Hall–Kier alpha value is -2.41. The average molecular weight is 378 g/mol. The molecular formula is C19H23FN2O3S. The number of benzene rings is 2. The summed E-state index contributed by atoms with van der Waals surface area (Å²) in [6.45, 7) is 3.01. The Morgan fingerprint density at radius 1 is 1.08 bits per heavy atom. The zero-order valence-corrected chi connectivity index (χ0v) is 15.7. The fourth-order valence-electron chi connectivity index (χ4n) is 2.53. The molecule has 0 aliphatic rings. The molecule has 2 amide bonds. The number of hydrogen-bond acceptors (Lipinski definition) is 3. The fourth-order valence-corrected chi connectivity index (χ4v) is 3.33. The molecule has 0 aliphatic carbocycles. The molecule has 0 unspecified atom stereocenters. The minimum Gasteiger partial charge on any atom is -0.334 e. The first-order valence-electron chi connectivity index (χ1n) is 8.29. The van der Waals surface area contributed by atoms with Crippen molar-refractivity contribution in [3.8, 4) is 0 Å². The molecule has 0 spiro atoms. The maximum atomic E-state index is 13.3. The standard InChI is InChI=1S/C19H23FN2O3S/c1-3-22(13-17-5-4-6-18(20)11-17)19(23)21-12-15-7-9-16(10-8-15)14-26(2,24)25/h4-11H,3,12-14H2,1-2H3,(H,21,23). The second kappa shape index (κ2) is 8.80. The molecule has 2 aromatic carbocycles. The molecule has 0 bridgehead atoms. The summed E-state index contributed by atoms with van der Waals surface area (Å²) in [6, 6.07) is 13.0. The molecule has 0 atom stereocenters. The third-order valence-electron chi connectivity index (χ3n) is 3.83. The van der Waals surface area contributed by atoms with Crippen LogP contribution >= 0.6 is 0 Å². The highest BCUT2D eigenvalue weighted by atomic mass is 32.2. The van der Waals surface area contributed by atoms with Crippen molar-refractivity contribution in [2.24, 2.45) is 0 Å². The summed E-state index contributed by atoms with van der Waals surface area (Å²) in [6.07, 6.45) is 1.19. The molecule has 0 fully saturated rings. The van der Waals surface area contributed by atoms with Crippen LogP contribution in [0.5, 0.6) is 0 Å². The summed E-state index contributed by atoms with van der Waals surface area (Å²) < 4.78 is 35.9. The van der Waals surface area contributed by atoms with E-state index in [2.05, 4.69) is 5.32 Å². The highest BCUT2D eigenvalue weighted by Gasteiger charge is 2.12. The van der Waals surface area contributed by atoms with Gasteiger partial charge in [-0.15, -0.1) is 0 Å². The molecule has 0 aromatic heterocycles. The van der Waals surface area contributed by atoms with Crippen LogP contribution in [0, 0.1) is 5.82 Å². The third-order valence-corrected chi connectivity index (χ3v) is 4.68. The number of hydrogen-bond donors (Lipinski definition) is 1. The number of sulfone groups is 1. The number of rotatable bonds is 7. The predicted octanol–water partition coefficient (Wildman–Crippen LogP) is 3.10. The van der Waals surface area contributed by atoms with E-state index in [0.717, 1.165) is 11.1 Å². The highest BCUT2D eigenvalue weighted by Crippen LogP contribution is 2.10. The van der Waals surface area contributed by atoms with E-state index in [1.807, 2.05) is 6.92 Å². The van der Waals surface area contributed by atoms with Gasteiger partial charge in [0.2, 0.25) is 0 Å². The fraction of sp³-hybridized carbons (Fsp3) is 0.316. The Kier molecular flexibility index (Phi) is 6.74. The molecule has 26 heavy (non-hydrogen) atoms. The quantitative estimate of drug-likeness (QED) is 0.805. The predicted molar refractivity (Wildman–Crippen MR) is 99.7 cm³/mol. The second-order valence-electron chi connectivity index (χ2n) is 6.19. The molecule has 0 saturated heterocycles. The van der Waals surface area contributed by atoms with Crippen LogP contribution in [0.2, 0.25) is 0 Å². The smallest absolute Gasteiger partial charge is 0.317 e. The first-order chi connectivity index (χ1) is 12.3. The Labute approximate surface area is 153 Å². The van der Waals surface area contributed by atoms with Gasteiger partial charge in [-0.05, 0) is 35.7 Å². The number of nitrogens with one attached hydrogen (secondary N) is 1. The molecule has 0 heterocycles. The van der Waals surface area contributed by atoms with Gasteiger partial charge in [0, 0.05) is 25.9 Å². The van der Waals surface area contributed by atoms with Gasteiger partial charge in [0.15, 0.2) is 9.84 Å². The Bertz CT molecular complexity index is 851. The summed E-state index contributed by atoms with van der Waals surface area (Å²) >= 11 is 0. The SMILES string of the molecule is CCN(Cc1cccc(F)c1)C(=O)NCc1ccc(CS(C)(=O)=O)cc1. The van der Waals surface area contributed by atoms with E-state index in [-0.39, 0.29) is 17.6 Å². The van der Waals surface area contributed by atoms with E-state index in [9.17, 15) is 17.6 Å². The van der Waals surface area contributed by atoms with Crippen molar-refractivity contribution in [3.05, 3.63) is 71.0 Å². The number of nitrogens with zero attached hydrogens (tertiary/aromatic N) is 1. The van der Waals surface area contributed by atoms with Gasteiger partial charge in [0.25, 0.3) is 0 Å². The van der Waals surface area contributed by atoms with Crippen LogP contribution in [-0.2, 0) is 28.7 Å². The molecule has 7 heteroatoms. The van der Waals surface area contributed by atoms with Crippen LogP contribution < -0.4 is 5.32 Å². The second-order valence-corrected chi connectivity index (χ2v) is 8.33. The molecule has 0 aliphatic heterocycles. The largest absolute Gasteiger partial charge is 0.334 e. The van der Waals surface area contributed by atoms with Gasteiger partial charge < -0.3 is 10.2 Å². The molecule has 2 aromatic rings. The van der Waals surface area contributed by atoms with Crippen LogP contribution in [0.4, 0.5) is 9.18 Å². The van der Waals surface area contributed by atoms with Crippen molar-refractivity contribution < 1.29 is 17.6 Å². The van der Waals surface area contributed by atoms with E-state index < -0.39 is 9.84 Å². The summed E-state index contributed by atoms with van der Waals surface area (Å²) in [5.41, 5.74) is 2.31. The van der Waals surface area contributed by atoms with Gasteiger partial charge in [-0.1, -0.05) is 36.4 Å². The lowest BCUT2D eigenvalue weighted by Crippen LogP contribution is -2.39. The van der Waals surface area contributed by atoms with Crippen molar-refractivity contribution >= 4 is 15.9 Å². The average Bonchev–Trinajstić information content (AvgIpc) is 2.57. The van der Waals surface area contributed by atoms with Gasteiger partial charge in [0.1, 0.15) is 5.82 Å². The number of carbonyl (C=O) groups is 1. The molecule has 5 nitrogen and oxygen atoms in total. The van der Waals surface area contributed by atoms with E-state index >= 15 is 0 Å². The van der Waals surface area contributed by atoms with Crippen LogP contribution in [0.1, 0.15) is 23.6 Å². The van der Waals surface area contributed by atoms with Crippen molar-refractivity contribution in [1.82, 2.24) is 10.2 Å². The van der Waals surface area contributed by atoms with Crippen LogP contribution in [0.3, 0.4) is 0 Å². The van der Waals surface area contributed by atoms with Crippen molar-refractivity contribution in [3.63, 3.8) is 0 Å². The summed E-state index contributed by atoms with van der Waals surface area (Å²) in [7, 11) is -3.07. The summed E-state index contributed by atoms with van der Waals surface area (Å²) in [5, 5.41) is 2.83. The molecule has 0 saturated carbocycles. The van der Waals surface area contributed by atoms with E-state index in [1.165, 1.54) is 18.4 Å². The molecule has 1 N–H and O–H groups in total. The molecule has 140 valence electrons. The van der Waals surface area contributed by atoms with Gasteiger partial charge in [-0.25, -0.2) is 17.6 Å². The maximum Gasteiger partial charge on any atom is 0.317 e. The molecule has 2 rings (SSSR count). The van der Waals surface area contributed by atoms with Crippen molar-refractivity contribution in [2.45, 2.75) is 25.8 Å². The third kappa shape index (κ3) is 6.48. The number of halogens is 1. The summed E-state index contributed by atoms with van der Waals surface area (Å²) in [4.78, 5) is 13.9. The Morgan fingerprint density at radius 2 is 1.73 bits per heavy atom. The topological polar surface area (TPSA) is 66.5 Å². The maximum absolute atomic E-state index is 13.3. The van der Waals surface area contributed by atoms with Gasteiger partial charge >= 0.3 is 6.03 Å². The Balaban J connectivity index is 1.91. The lowest BCUT2D eigenvalue weighted by Gasteiger charge is -2.21. The molecule has 0 radical (unpaired) electrons. The first kappa shape index (κ1) is 19.9. The molecular weight excluding hydrogens is 355 g/mol. The monoisotopic (exact) mass is 378 g/mol. The van der Waals surface area contributed by atoms with Crippen molar-refractivity contribution in [1.29, 1.82) is 0 Å². The number of urea groups is 1. The van der Waals surface area contributed by atoms with Gasteiger partial charge in [0.05, 0.1) is 5.75 Å². The lowest BCUT2D eigenvalue weighted by molar-refractivity contribution is 0.197.